The largest absolute Gasteiger partial charge is 0.0619 e. The molecule has 0 nitrogen and oxygen atoms in total. The molecule has 0 atom stereocenters. The minimum atomic E-state index is 0.261. The first-order valence-corrected chi connectivity index (χ1v) is 6.61. The Balaban J connectivity index is 2.31. The van der Waals surface area contributed by atoms with Crippen molar-refractivity contribution in [3.8, 4) is 0 Å². The second-order valence-electron chi connectivity index (χ2n) is 7.11. The molecule has 0 saturated heterocycles. The summed E-state index contributed by atoms with van der Waals surface area (Å²) in [4.78, 5) is 0. The predicted octanol–water partition coefficient (Wildman–Crippen LogP) is 4.80. The molecule has 3 rings (SSSR count). The summed E-state index contributed by atoms with van der Waals surface area (Å²) in [6, 6.07) is 8.95. The van der Waals surface area contributed by atoms with Gasteiger partial charge in [-0.05, 0) is 35.3 Å². The van der Waals surface area contributed by atoms with Gasteiger partial charge in [-0.25, -0.2) is 0 Å². The summed E-state index contributed by atoms with van der Waals surface area (Å²) in [7, 11) is 0. The zero-order valence-electron chi connectivity index (χ0n) is 11.6. The average Bonchev–Trinajstić information content (AvgIpc) is 2.50. The van der Waals surface area contributed by atoms with Crippen LogP contribution in [-0.4, -0.2) is 0 Å². The molecule has 1 spiro atoms. The van der Waals surface area contributed by atoms with E-state index in [-0.39, 0.29) is 5.41 Å². The molecule has 0 heterocycles. The first-order valence-electron chi connectivity index (χ1n) is 6.61. The first-order chi connectivity index (χ1) is 7.83. The van der Waals surface area contributed by atoms with Crippen molar-refractivity contribution in [1.82, 2.24) is 0 Å². The molecule has 0 aromatic heterocycles. The van der Waals surface area contributed by atoms with Crippen LogP contribution in [0.2, 0.25) is 0 Å². The van der Waals surface area contributed by atoms with Crippen molar-refractivity contribution in [1.29, 1.82) is 0 Å². The molecule has 1 aromatic carbocycles. The molecule has 90 valence electrons. The lowest BCUT2D eigenvalue weighted by Gasteiger charge is -2.68. The van der Waals surface area contributed by atoms with Gasteiger partial charge < -0.3 is 0 Å². The van der Waals surface area contributed by atoms with E-state index in [2.05, 4.69) is 65.0 Å². The summed E-state index contributed by atoms with van der Waals surface area (Å²) in [6.07, 6.45) is 3.71. The van der Waals surface area contributed by atoms with Crippen LogP contribution in [0.3, 0.4) is 0 Å². The third-order valence-corrected chi connectivity index (χ3v) is 5.24. The molecule has 0 heteroatoms. The van der Waals surface area contributed by atoms with Crippen LogP contribution in [0.1, 0.15) is 52.2 Å². The maximum Gasteiger partial charge on any atom is 0.0270 e. The second-order valence-corrected chi connectivity index (χ2v) is 7.11. The second kappa shape index (κ2) is 2.85. The molecule has 1 aromatic rings. The fraction of sp³-hybridized carbons (Fsp3) is 0.529. The molecule has 17 heavy (non-hydrogen) atoms. The molecule has 0 radical (unpaired) electrons. The minimum absolute atomic E-state index is 0.261. The summed E-state index contributed by atoms with van der Waals surface area (Å²) in [5, 5.41) is 0. The molecule has 0 unspecified atom stereocenters. The highest BCUT2D eigenvalue weighted by atomic mass is 14.7. The van der Waals surface area contributed by atoms with Crippen molar-refractivity contribution < 1.29 is 0 Å². The smallest absolute Gasteiger partial charge is 0.0270 e. The molecule has 0 amide bonds. The van der Waals surface area contributed by atoms with Crippen molar-refractivity contribution in [2.75, 3.05) is 0 Å². The van der Waals surface area contributed by atoms with Gasteiger partial charge >= 0.3 is 0 Å². The lowest BCUT2D eigenvalue weighted by Crippen LogP contribution is -2.63. The van der Waals surface area contributed by atoms with E-state index >= 15 is 0 Å². The van der Waals surface area contributed by atoms with E-state index < -0.39 is 0 Å². The van der Waals surface area contributed by atoms with Gasteiger partial charge in [-0.3, -0.25) is 0 Å². The summed E-state index contributed by atoms with van der Waals surface area (Å²) in [6.45, 7) is 12.0. The van der Waals surface area contributed by atoms with Gasteiger partial charge in [-0.2, -0.15) is 0 Å². The Labute approximate surface area is 105 Å². The van der Waals surface area contributed by atoms with E-state index in [0.29, 0.717) is 10.8 Å². The van der Waals surface area contributed by atoms with Crippen molar-refractivity contribution in [2.45, 2.75) is 46.5 Å². The number of rotatable bonds is 0. The quantitative estimate of drug-likeness (QED) is 0.596. The van der Waals surface area contributed by atoms with Gasteiger partial charge in [0.05, 0.1) is 0 Å². The number of fused-ring (bicyclic) bond motifs is 2. The van der Waals surface area contributed by atoms with Crippen LogP contribution < -0.4 is 0 Å². The zero-order valence-corrected chi connectivity index (χ0v) is 11.6. The van der Waals surface area contributed by atoms with Gasteiger partial charge in [-0.1, -0.05) is 63.6 Å². The molecule has 0 bridgehead atoms. The number of benzene rings is 1. The van der Waals surface area contributed by atoms with E-state index in [1.54, 1.807) is 11.1 Å². The fourth-order valence-electron chi connectivity index (χ4n) is 5.49. The SMILES string of the molecule is CC1=Cc2ccccc2C12C(C)(C)CC2(C)C. The van der Waals surface area contributed by atoms with Gasteiger partial charge in [0.15, 0.2) is 0 Å². The average molecular weight is 226 g/mol. The Bertz CT molecular complexity index is 501. The monoisotopic (exact) mass is 226 g/mol. The van der Waals surface area contributed by atoms with Crippen LogP contribution in [0, 0.1) is 10.8 Å². The van der Waals surface area contributed by atoms with E-state index in [0.717, 1.165) is 0 Å². The maximum atomic E-state index is 2.43. The van der Waals surface area contributed by atoms with Crippen LogP contribution >= 0.6 is 0 Å². The van der Waals surface area contributed by atoms with Crippen LogP contribution in [0.25, 0.3) is 6.08 Å². The third kappa shape index (κ3) is 1.01. The topological polar surface area (TPSA) is 0 Å². The number of allylic oxidation sites excluding steroid dienone is 1. The molecular weight excluding hydrogens is 204 g/mol. The highest BCUT2D eigenvalue weighted by Crippen LogP contribution is 2.73. The molecule has 0 aliphatic heterocycles. The van der Waals surface area contributed by atoms with E-state index in [4.69, 9.17) is 0 Å². The van der Waals surface area contributed by atoms with Gasteiger partial charge in [0, 0.05) is 5.41 Å². The Morgan fingerprint density at radius 2 is 1.53 bits per heavy atom. The van der Waals surface area contributed by atoms with Crippen LogP contribution in [-0.2, 0) is 5.41 Å². The molecule has 1 saturated carbocycles. The van der Waals surface area contributed by atoms with Crippen molar-refractivity contribution in [3.63, 3.8) is 0 Å². The lowest BCUT2D eigenvalue weighted by atomic mass is 9.35. The van der Waals surface area contributed by atoms with Crippen molar-refractivity contribution in [3.05, 3.63) is 41.0 Å². The van der Waals surface area contributed by atoms with Crippen LogP contribution in [0.4, 0.5) is 0 Å². The highest BCUT2D eigenvalue weighted by Gasteiger charge is 2.67. The Hall–Kier alpha value is -1.04. The van der Waals surface area contributed by atoms with Crippen LogP contribution in [0.15, 0.2) is 29.8 Å². The molecular formula is C17H22. The molecule has 2 aliphatic carbocycles. The normalized spacial score (nSPS) is 26.3. The standard InChI is InChI=1S/C17H22/c1-12-10-13-8-6-7-9-14(13)17(12)15(2,3)11-16(17,4)5/h6-10H,11H2,1-5H3. The third-order valence-electron chi connectivity index (χ3n) is 5.24. The Morgan fingerprint density at radius 1 is 0.941 bits per heavy atom. The molecule has 1 fully saturated rings. The minimum Gasteiger partial charge on any atom is -0.0619 e. The highest BCUT2D eigenvalue weighted by molar-refractivity contribution is 5.72. The summed E-state index contributed by atoms with van der Waals surface area (Å²) < 4.78 is 0. The summed E-state index contributed by atoms with van der Waals surface area (Å²) >= 11 is 0. The molecule has 2 aliphatic rings. The molecule has 0 N–H and O–H groups in total. The fourth-order valence-corrected chi connectivity index (χ4v) is 5.49. The number of hydrogen-bond donors (Lipinski definition) is 0. The van der Waals surface area contributed by atoms with E-state index in [9.17, 15) is 0 Å². The van der Waals surface area contributed by atoms with E-state index in [1.165, 1.54) is 12.0 Å². The van der Waals surface area contributed by atoms with Gasteiger partial charge in [-0.15, -0.1) is 0 Å². The van der Waals surface area contributed by atoms with E-state index in [1.807, 2.05) is 0 Å². The van der Waals surface area contributed by atoms with Crippen molar-refractivity contribution in [2.24, 2.45) is 10.8 Å². The summed E-state index contributed by atoms with van der Waals surface area (Å²) in [5.41, 5.74) is 5.56. The summed E-state index contributed by atoms with van der Waals surface area (Å²) in [5.74, 6) is 0. The van der Waals surface area contributed by atoms with Gasteiger partial charge in [0.1, 0.15) is 0 Å². The zero-order chi connectivity index (χ0) is 12.5. The van der Waals surface area contributed by atoms with Crippen LogP contribution in [0.5, 0.6) is 0 Å². The predicted molar refractivity (Wildman–Crippen MR) is 74.0 cm³/mol. The van der Waals surface area contributed by atoms with Gasteiger partial charge in [0.2, 0.25) is 0 Å². The van der Waals surface area contributed by atoms with Gasteiger partial charge in [0.25, 0.3) is 0 Å². The Morgan fingerprint density at radius 3 is 2.12 bits per heavy atom. The number of hydrogen-bond acceptors (Lipinski definition) is 0. The maximum absolute atomic E-state index is 2.43. The van der Waals surface area contributed by atoms with Crippen molar-refractivity contribution >= 4 is 6.08 Å². The first kappa shape index (κ1) is 11.1. The Kier molecular flexibility index (Phi) is 1.86. The lowest BCUT2D eigenvalue weighted by molar-refractivity contribution is -0.0889.